The molecule has 1 amide bonds. The van der Waals surface area contributed by atoms with Gasteiger partial charge in [0.25, 0.3) is 0 Å². The van der Waals surface area contributed by atoms with E-state index in [0.29, 0.717) is 5.69 Å². The molecule has 0 bridgehead atoms. The molecule has 21 heavy (non-hydrogen) atoms. The van der Waals surface area contributed by atoms with E-state index in [1.54, 1.807) is 7.11 Å². The van der Waals surface area contributed by atoms with Crippen LogP contribution in [0.2, 0.25) is 0 Å². The molecule has 1 atom stereocenters. The van der Waals surface area contributed by atoms with E-state index in [-0.39, 0.29) is 17.0 Å². The van der Waals surface area contributed by atoms with Crippen LogP contribution < -0.4 is 10.1 Å². The Hall–Kier alpha value is -2.01. The predicted molar refractivity (Wildman–Crippen MR) is 83.3 cm³/mol. The Labute approximate surface area is 127 Å². The number of hydrogen-bond acceptors (Lipinski definition) is 3. The topological polar surface area (TPSA) is 38.3 Å². The van der Waals surface area contributed by atoms with E-state index in [1.165, 1.54) is 36.0 Å². The quantitative estimate of drug-likeness (QED) is 0.850. The van der Waals surface area contributed by atoms with Crippen molar-refractivity contribution in [2.75, 3.05) is 12.4 Å². The van der Waals surface area contributed by atoms with Gasteiger partial charge in [0.05, 0.1) is 12.4 Å². The van der Waals surface area contributed by atoms with Crippen molar-refractivity contribution in [3.8, 4) is 5.75 Å². The Morgan fingerprint density at radius 1 is 1.14 bits per heavy atom. The third kappa shape index (κ3) is 4.49. The van der Waals surface area contributed by atoms with Crippen molar-refractivity contribution >= 4 is 23.4 Å². The molecule has 2 aromatic rings. The number of rotatable bonds is 5. The first kappa shape index (κ1) is 15.4. The Balaban J connectivity index is 1.93. The van der Waals surface area contributed by atoms with Gasteiger partial charge in [0, 0.05) is 10.6 Å². The number of hydrogen-bond donors (Lipinski definition) is 1. The average Bonchev–Trinajstić information content (AvgIpc) is 2.50. The van der Waals surface area contributed by atoms with Crippen molar-refractivity contribution in [1.82, 2.24) is 0 Å². The second kappa shape index (κ2) is 7.13. The van der Waals surface area contributed by atoms with Gasteiger partial charge in [-0.15, -0.1) is 11.8 Å². The summed E-state index contributed by atoms with van der Waals surface area (Å²) in [4.78, 5) is 13.1. The van der Waals surface area contributed by atoms with E-state index in [0.717, 1.165) is 10.6 Å². The molecule has 0 spiro atoms. The smallest absolute Gasteiger partial charge is 0.237 e. The zero-order chi connectivity index (χ0) is 15.2. The van der Waals surface area contributed by atoms with Crippen molar-refractivity contribution in [3.63, 3.8) is 0 Å². The molecule has 0 saturated heterocycles. The molecule has 3 nitrogen and oxygen atoms in total. The molecular formula is C16H16FNO2S. The van der Waals surface area contributed by atoms with Gasteiger partial charge in [-0.25, -0.2) is 4.39 Å². The summed E-state index contributed by atoms with van der Waals surface area (Å²) in [7, 11) is 1.61. The number of ether oxygens (including phenoxy) is 1. The van der Waals surface area contributed by atoms with Crippen LogP contribution in [0.15, 0.2) is 53.4 Å². The van der Waals surface area contributed by atoms with Crippen molar-refractivity contribution < 1.29 is 13.9 Å². The number of amides is 1. The van der Waals surface area contributed by atoms with Gasteiger partial charge in [0.2, 0.25) is 5.91 Å². The van der Waals surface area contributed by atoms with E-state index in [9.17, 15) is 9.18 Å². The van der Waals surface area contributed by atoms with Gasteiger partial charge in [-0.2, -0.15) is 0 Å². The maximum Gasteiger partial charge on any atom is 0.237 e. The molecule has 0 aliphatic heterocycles. The van der Waals surface area contributed by atoms with Crippen LogP contribution in [-0.2, 0) is 4.79 Å². The molecule has 2 rings (SSSR count). The highest BCUT2D eigenvalue weighted by Crippen LogP contribution is 2.26. The van der Waals surface area contributed by atoms with E-state index < -0.39 is 0 Å². The lowest BCUT2D eigenvalue weighted by Gasteiger charge is -2.12. The third-order valence-electron chi connectivity index (χ3n) is 2.85. The molecule has 5 heteroatoms. The number of benzene rings is 2. The summed E-state index contributed by atoms with van der Waals surface area (Å²) in [6, 6.07) is 13.2. The van der Waals surface area contributed by atoms with Gasteiger partial charge >= 0.3 is 0 Å². The minimum atomic E-state index is -0.325. The van der Waals surface area contributed by atoms with E-state index in [4.69, 9.17) is 4.74 Å². The van der Waals surface area contributed by atoms with Crippen LogP contribution >= 0.6 is 11.8 Å². The molecule has 0 aliphatic carbocycles. The monoisotopic (exact) mass is 305 g/mol. The van der Waals surface area contributed by atoms with Gasteiger partial charge in [0.15, 0.2) is 0 Å². The molecule has 0 aliphatic rings. The number of carbonyl (C=O) groups excluding carboxylic acids is 1. The van der Waals surface area contributed by atoms with Gasteiger partial charge in [-0.1, -0.05) is 0 Å². The van der Waals surface area contributed by atoms with Crippen molar-refractivity contribution in [1.29, 1.82) is 0 Å². The predicted octanol–water partition coefficient (Wildman–Crippen LogP) is 3.95. The average molecular weight is 305 g/mol. The summed E-state index contributed by atoms with van der Waals surface area (Å²) in [6.45, 7) is 1.83. The fraction of sp³-hybridized carbons (Fsp3) is 0.188. The largest absolute Gasteiger partial charge is 0.497 e. The molecule has 0 fully saturated rings. The van der Waals surface area contributed by atoms with Crippen LogP contribution in [-0.4, -0.2) is 18.3 Å². The lowest BCUT2D eigenvalue weighted by Crippen LogP contribution is -2.22. The summed E-state index contributed by atoms with van der Waals surface area (Å²) in [5.74, 6) is 0.332. The molecule has 1 unspecified atom stereocenters. The SMILES string of the molecule is COc1ccc(SC(C)C(=O)Nc2ccc(F)cc2)cc1. The highest BCUT2D eigenvalue weighted by molar-refractivity contribution is 8.00. The van der Waals surface area contributed by atoms with Crippen LogP contribution in [0.5, 0.6) is 5.75 Å². The summed E-state index contributed by atoms with van der Waals surface area (Å²) >= 11 is 1.45. The van der Waals surface area contributed by atoms with Gasteiger partial charge in [-0.05, 0) is 55.5 Å². The molecule has 110 valence electrons. The van der Waals surface area contributed by atoms with Crippen molar-refractivity contribution in [2.45, 2.75) is 17.1 Å². The Kier molecular flexibility index (Phi) is 5.22. The standard InChI is InChI=1S/C16H16FNO2S/c1-11(21-15-9-7-14(20-2)8-10-15)16(19)18-13-5-3-12(17)4-6-13/h3-11H,1-2H3,(H,18,19). The summed E-state index contributed by atoms with van der Waals surface area (Å²) < 4.78 is 17.9. The zero-order valence-electron chi connectivity index (χ0n) is 11.8. The normalized spacial score (nSPS) is 11.8. The fourth-order valence-corrected chi connectivity index (χ4v) is 2.56. The van der Waals surface area contributed by atoms with Crippen molar-refractivity contribution in [3.05, 3.63) is 54.3 Å². The van der Waals surface area contributed by atoms with Gasteiger partial charge < -0.3 is 10.1 Å². The lowest BCUT2D eigenvalue weighted by atomic mass is 10.3. The molecule has 1 N–H and O–H groups in total. The molecular weight excluding hydrogens is 289 g/mol. The first-order valence-corrected chi connectivity index (χ1v) is 7.33. The zero-order valence-corrected chi connectivity index (χ0v) is 12.6. The van der Waals surface area contributed by atoms with E-state index >= 15 is 0 Å². The molecule has 2 aromatic carbocycles. The Morgan fingerprint density at radius 2 is 1.76 bits per heavy atom. The minimum Gasteiger partial charge on any atom is -0.497 e. The number of nitrogens with one attached hydrogen (secondary N) is 1. The first-order chi connectivity index (χ1) is 10.1. The van der Waals surface area contributed by atoms with Crippen LogP contribution in [0, 0.1) is 5.82 Å². The maximum atomic E-state index is 12.8. The van der Waals surface area contributed by atoms with E-state index in [1.807, 2.05) is 31.2 Å². The van der Waals surface area contributed by atoms with Crippen LogP contribution in [0.4, 0.5) is 10.1 Å². The number of methoxy groups -OCH3 is 1. The highest BCUT2D eigenvalue weighted by atomic mass is 32.2. The number of halogens is 1. The van der Waals surface area contributed by atoms with E-state index in [2.05, 4.69) is 5.32 Å². The van der Waals surface area contributed by atoms with Crippen LogP contribution in [0.25, 0.3) is 0 Å². The summed E-state index contributed by atoms with van der Waals surface area (Å²) in [6.07, 6.45) is 0. The maximum absolute atomic E-state index is 12.8. The number of thioether (sulfide) groups is 1. The van der Waals surface area contributed by atoms with Crippen molar-refractivity contribution in [2.24, 2.45) is 0 Å². The lowest BCUT2D eigenvalue weighted by molar-refractivity contribution is -0.115. The minimum absolute atomic E-state index is 0.123. The van der Waals surface area contributed by atoms with Gasteiger partial charge in [-0.3, -0.25) is 4.79 Å². The molecule has 0 heterocycles. The Morgan fingerprint density at radius 3 is 2.33 bits per heavy atom. The summed E-state index contributed by atoms with van der Waals surface area (Å²) in [5, 5.41) is 2.50. The van der Waals surface area contributed by atoms with Gasteiger partial charge in [0.1, 0.15) is 11.6 Å². The first-order valence-electron chi connectivity index (χ1n) is 6.45. The number of carbonyl (C=O) groups is 1. The molecule has 0 aromatic heterocycles. The van der Waals surface area contributed by atoms with Crippen LogP contribution in [0.3, 0.4) is 0 Å². The fourth-order valence-electron chi connectivity index (χ4n) is 1.69. The second-order valence-corrected chi connectivity index (χ2v) is 5.85. The number of anilines is 1. The molecule has 0 radical (unpaired) electrons. The Bertz CT molecular complexity index is 599. The molecule has 0 saturated carbocycles. The van der Waals surface area contributed by atoms with Crippen LogP contribution in [0.1, 0.15) is 6.92 Å². The summed E-state index contributed by atoms with van der Waals surface area (Å²) in [5.41, 5.74) is 0.587. The third-order valence-corrected chi connectivity index (χ3v) is 3.97. The highest BCUT2D eigenvalue weighted by Gasteiger charge is 2.14. The second-order valence-electron chi connectivity index (χ2n) is 4.43.